The third-order valence-electron chi connectivity index (χ3n) is 5.23. The second kappa shape index (κ2) is 9.00. The Morgan fingerprint density at radius 3 is 2.56 bits per heavy atom. The zero-order valence-electron chi connectivity index (χ0n) is 18.9. The molecule has 5 nitrogen and oxygen atoms in total. The van der Waals surface area contributed by atoms with Crippen LogP contribution in [0.15, 0.2) is 34.9 Å². The molecule has 0 spiro atoms. The lowest BCUT2D eigenvalue weighted by atomic mass is 9.96. The molecule has 4 aromatic rings. The number of hydrogen-bond donors (Lipinski definition) is 0. The van der Waals surface area contributed by atoms with Gasteiger partial charge in [0.1, 0.15) is 0 Å². The van der Waals surface area contributed by atoms with E-state index < -0.39 is 0 Å². The molecule has 0 aliphatic carbocycles. The monoisotopic (exact) mass is 488 g/mol. The van der Waals surface area contributed by atoms with Gasteiger partial charge in [-0.05, 0) is 50.1 Å². The molecule has 0 radical (unpaired) electrons. The number of halogens is 2. The Balaban J connectivity index is 1.89. The van der Waals surface area contributed by atoms with Gasteiger partial charge in [-0.2, -0.15) is 10.1 Å². The van der Waals surface area contributed by atoms with E-state index in [1.807, 2.05) is 23.7 Å². The number of thiophene rings is 1. The molecule has 32 heavy (non-hydrogen) atoms. The van der Waals surface area contributed by atoms with E-state index in [0.29, 0.717) is 27.5 Å². The van der Waals surface area contributed by atoms with Crippen LogP contribution in [0.25, 0.3) is 27.8 Å². The number of rotatable bonds is 6. The summed E-state index contributed by atoms with van der Waals surface area (Å²) >= 11 is 14.5. The summed E-state index contributed by atoms with van der Waals surface area (Å²) in [5, 5.41) is 10.2. The van der Waals surface area contributed by atoms with Gasteiger partial charge in [0.15, 0.2) is 11.5 Å². The van der Waals surface area contributed by atoms with Crippen molar-refractivity contribution >= 4 is 34.5 Å². The molecular weight excluding hydrogens is 463 g/mol. The number of hydrogen-bond acceptors (Lipinski definition) is 5. The molecular formula is C24H26Cl2N4OS. The summed E-state index contributed by atoms with van der Waals surface area (Å²) in [6, 6.07) is 9.77. The molecule has 1 aromatic carbocycles. The molecule has 0 amide bonds. The molecule has 0 N–H and O–H groups in total. The van der Waals surface area contributed by atoms with Crippen LogP contribution in [0.1, 0.15) is 56.8 Å². The van der Waals surface area contributed by atoms with Gasteiger partial charge in [-0.25, -0.2) is 4.68 Å². The maximum atomic E-state index is 6.58. The van der Waals surface area contributed by atoms with Crippen LogP contribution in [0, 0.1) is 6.92 Å². The first-order valence-corrected chi connectivity index (χ1v) is 12.2. The molecule has 0 aliphatic rings. The third-order valence-corrected chi connectivity index (χ3v) is 6.92. The molecule has 0 bridgehead atoms. The van der Waals surface area contributed by atoms with Crippen molar-refractivity contribution < 1.29 is 4.52 Å². The van der Waals surface area contributed by atoms with Gasteiger partial charge in [-0.3, -0.25) is 0 Å². The van der Waals surface area contributed by atoms with E-state index in [9.17, 15) is 0 Å². The summed E-state index contributed by atoms with van der Waals surface area (Å²) < 4.78 is 7.48. The predicted octanol–water partition coefficient (Wildman–Crippen LogP) is 7.91. The third kappa shape index (κ3) is 4.49. The highest BCUT2D eigenvalue weighted by molar-refractivity contribution is 7.15. The minimum atomic E-state index is -0.220. The molecule has 3 heterocycles. The summed E-state index contributed by atoms with van der Waals surface area (Å²) in [5.41, 5.74) is 3.11. The Morgan fingerprint density at radius 1 is 1.12 bits per heavy atom. The quantitative estimate of drug-likeness (QED) is 0.276. The highest BCUT2D eigenvalue weighted by atomic mass is 35.5. The fourth-order valence-corrected chi connectivity index (χ4v) is 5.06. The summed E-state index contributed by atoms with van der Waals surface area (Å²) in [5.74, 6) is 1.05. The normalized spacial score (nSPS) is 12.0. The number of aromatic nitrogens is 4. The van der Waals surface area contributed by atoms with Gasteiger partial charge in [0.05, 0.1) is 21.3 Å². The maximum absolute atomic E-state index is 6.58. The number of nitrogens with zero attached hydrogens (tertiary/aromatic N) is 4. The van der Waals surface area contributed by atoms with Gasteiger partial charge in [0, 0.05) is 20.9 Å². The van der Waals surface area contributed by atoms with Crippen molar-refractivity contribution in [3.05, 3.63) is 56.6 Å². The van der Waals surface area contributed by atoms with Crippen molar-refractivity contribution in [2.24, 2.45) is 0 Å². The first kappa shape index (κ1) is 23.0. The van der Waals surface area contributed by atoms with E-state index in [1.54, 1.807) is 17.4 Å². The van der Waals surface area contributed by atoms with Gasteiger partial charge in [-0.1, -0.05) is 62.5 Å². The highest BCUT2D eigenvalue weighted by Crippen LogP contribution is 2.39. The van der Waals surface area contributed by atoms with Gasteiger partial charge in [0.2, 0.25) is 0 Å². The molecule has 4 rings (SSSR count). The zero-order valence-corrected chi connectivity index (χ0v) is 21.2. The topological polar surface area (TPSA) is 56.7 Å². The van der Waals surface area contributed by atoms with Crippen LogP contribution in [0.3, 0.4) is 0 Å². The average molecular weight is 489 g/mol. The Hall–Kier alpha value is -2.15. The van der Waals surface area contributed by atoms with Crippen LogP contribution >= 0.6 is 34.5 Å². The Kier molecular flexibility index (Phi) is 6.48. The summed E-state index contributed by atoms with van der Waals surface area (Å²) in [4.78, 5) is 7.10. The number of unbranched alkanes of at least 4 members (excludes halogenated alkanes) is 1. The predicted molar refractivity (Wildman–Crippen MR) is 132 cm³/mol. The van der Waals surface area contributed by atoms with Crippen molar-refractivity contribution in [1.82, 2.24) is 19.9 Å². The summed E-state index contributed by atoms with van der Waals surface area (Å²) in [7, 11) is 0. The minimum Gasteiger partial charge on any atom is -0.332 e. The van der Waals surface area contributed by atoms with E-state index in [0.717, 1.165) is 28.2 Å². The van der Waals surface area contributed by atoms with Gasteiger partial charge < -0.3 is 4.52 Å². The Bertz CT molecular complexity index is 1250. The van der Waals surface area contributed by atoms with Gasteiger partial charge >= 0.3 is 0 Å². The molecule has 0 fully saturated rings. The van der Waals surface area contributed by atoms with Crippen LogP contribution in [0.4, 0.5) is 0 Å². The molecule has 0 aliphatic heterocycles. The fraction of sp³-hybridized carbons (Fsp3) is 0.375. The van der Waals surface area contributed by atoms with Gasteiger partial charge in [0.25, 0.3) is 5.89 Å². The van der Waals surface area contributed by atoms with Crippen molar-refractivity contribution in [3.8, 4) is 27.8 Å². The molecule has 0 saturated heterocycles. The molecule has 0 saturated carbocycles. The standard InChI is InChI=1S/C24H26Cl2N4OS/c1-6-7-8-16-10-12-19(32-16)21-14(2)20(22-27-23(29-31-22)24(3,4)5)28-30(21)18-11-9-15(25)13-17(18)26/h9-13H,6-8H2,1-5H3. The van der Waals surface area contributed by atoms with Crippen LogP contribution in [0.5, 0.6) is 0 Å². The van der Waals surface area contributed by atoms with Crippen LogP contribution in [0.2, 0.25) is 10.0 Å². The average Bonchev–Trinajstić information content (AvgIpc) is 3.44. The highest BCUT2D eigenvalue weighted by Gasteiger charge is 2.27. The lowest BCUT2D eigenvalue weighted by Crippen LogP contribution is -2.13. The fourth-order valence-electron chi connectivity index (χ4n) is 3.43. The van der Waals surface area contributed by atoms with Crippen molar-refractivity contribution in [2.45, 2.75) is 59.3 Å². The maximum Gasteiger partial charge on any atom is 0.278 e. The van der Waals surface area contributed by atoms with E-state index in [-0.39, 0.29) is 5.41 Å². The lowest BCUT2D eigenvalue weighted by molar-refractivity contribution is 0.401. The summed E-state index contributed by atoms with van der Waals surface area (Å²) in [6.07, 6.45) is 3.41. The van der Waals surface area contributed by atoms with Crippen LogP contribution in [-0.4, -0.2) is 19.9 Å². The largest absolute Gasteiger partial charge is 0.332 e. The molecule has 168 valence electrons. The SMILES string of the molecule is CCCCc1ccc(-c2c(C)c(-c3nc(C(C)(C)C)no3)nn2-c2ccc(Cl)cc2Cl)s1. The molecule has 8 heteroatoms. The first-order chi connectivity index (χ1) is 15.2. The van der Waals surface area contributed by atoms with Crippen LogP contribution in [-0.2, 0) is 11.8 Å². The Morgan fingerprint density at radius 2 is 1.91 bits per heavy atom. The smallest absolute Gasteiger partial charge is 0.278 e. The van der Waals surface area contributed by atoms with Crippen molar-refractivity contribution in [2.75, 3.05) is 0 Å². The van der Waals surface area contributed by atoms with E-state index in [4.69, 9.17) is 32.8 Å². The van der Waals surface area contributed by atoms with E-state index in [1.165, 1.54) is 17.7 Å². The minimum absolute atomic E-state index is 0.220. The molecule has 0 atom stereocenters. The molecule has 3 aromatic heterocycles. The number of benzene rings is 1. The van der Waals surface area contributed by atoms with E-state index >= 15 is 0 Å². The zero-order chi connectivity index (χ0) is 23.0. The first-order valence-electron chi connectivity index (χ1n) is 10.7. The van der Waals surface area contributed by atoms with Crippen molar-refractivity contribution in [1.29, 1.82) is 0 Å². The van der Waals surface area contributed by atoms with E-state index in [2.05, 4.69) is 50.0 Å². The molecule has 0 unspecified atom stereocenters. The second-order valence-electron chi connectivity index (χ2n) is 8.87. The summed E-state index contributed by atoms with van der Waals surface area (Å²) in [6.45, 7) is 10.4. The van der Waals surface area contributed by atoms with Crippen molar-refractivity contribution in [3.63, 3.8) is 0 Å². The second-order valence-corrected chi connectivity index (χ2v) is 10.9. The van der Waals surface area contributed by atoms with Gasteiger partial charge in [-0.15, -0.1) is 11.3 Å². The number of aryl methyl sites for hydroxylation is 1. The lowest BCUT2D eigenvalue weighted by Gasteiger charge is -2.10. The van der Waals surface area contributed by atoms with Crippen LogP contribution < -0.4 is 0 Å². The Labute approximate surface area is 202 Å².